The van der Waals surface area contributed by atoms with E-state index in [0.29, 0.717) is 22.6 Å². The molecule has 0 bridgehead atoms. The van der Waals surface area contributed by atoms with Gasteiger partial charge in [0.15, 0.2) is 0 Å². The Bertz CT molecular complexity index is 1010. The number of nitrogens with one attached hydrogen (secondary N) is 2. The van der Waals surface area contributed by atoms with Crippen LogP contribution < -0.4 is 10.6 Å². The number of rotatable bonds is 4. The lowest BCUT2D eigenvalue weighted by atomic mass is 9.95. The number of para-hydroxylation sites is 1. The quantitative estimate of drug-likeness (QED) is 0.615. The molecule has 6 heteroatoms. The van der Waals surface area contributed by atoms with Crippen molar-refractivity contribution in [2.24, 2.45) is 0 Å². The van der Waals surface area contributed by atoms with Crippen LogP contribution in [0, 0.1) is 11.3 Å². The monoisotopic (exact) mass is 377 g/mol. The number of nitriles is 1. The van der Waals surface area contributed by atoms with Gasteiger partial charge < -0.3 is 10.6 Å². The molecule has 0 atom stereocenters. The Hall–Kier alpha value is -2.84. The smallest absolute Gasteiger partial charge is 0.229 e. The van der Waals surface area contributed by atoms with Crippen LogP contribution in [0.3, 0.4) is 0 Å². The van der Waals surface area contributed by atoms with Gasteiger partial charge in [-0.25, -0.2) is 4.98 Å². The molecular weight excluding hydrogens is 358 g/mol. The lowest BCUT2D eigenvalue weighted by Gasteiger charge is -2.24. The van der Waals surface area contributed by atoms with Crippen LogP contribution in [0.15, 0.2) is 42.5 Å². The highest BCUT2D eigenvalue weighted by atomic mass is 35.5. The fourth-order valence-electron chi connectivity index (χ4n) is 3.50. The Balaban J connectivity index is 1.66. The van der Waals surface area contributed by atoms with Gasteiger partial charge in [-0.3, -0.25) is 0 Å². The highest BCUT2D eigenvalue weighted by Gasteiger charge is 2.16. The number of aromatic nitrogens is 2. The summed E-state index contributed by atoms with van der Waals surface area (Å²) >= 11 is 6.14. The third-order valence-electron chi connectivity index (χ3n) is 4.89. The lowest BCUT2D eigenvalue weighted by molar-refractivity contribution is 0.462. The molecule has 1 heterocycles. The minimum Gasteiger partial charge on any atom is -0.367 e. The Morgan fingerprint density at radius 1 is 1.04 bits per heavy atom. The number of fused-ring (bicyclic) bond motifs is 1. The molecule has 0 unspecified atom stereocenters. The van der Waals surface area contributed by atoms with Gasteiger partial charge in [0.05, 0.1) is 16.1 Å². The van der Waals surface area contributed by atoms with Crippen molar-refractivity contribution in [3.05, 3.63) is 53.1 Å². The maximum Gasteiger partial charge on any atom is 0.229 e. The van der Waals surface area contributed by atoms with E-state index in [1.807, 2.05) is 24.3 Å². The van der Waals surface area contributed by atoms with Crippen LogP contribution in [0.1, 0.15) is 37.7 Å². The van der Waals surface area contributed by atoms with Crippen molar-refractivity contribution in [1.29, 1.82) is 5.26 Å². The first-order chi connectivity index (χ1) is 13.2. The van der Waals surface area contributed by atoms with E-state index in [9.17, 15) is 0 Å². The molecule has 2 aromatic carbocycles. The third-order valence-corrected chi connectivity index (χ3v) is 5.21. The number of nitrogens with zero attached hydrogens (tertiary/aromatic N) is 3. The molecule has 0 saturated heterocycles. The lowest BCUT2D eigenvalue weighted by Crippen LogP contribution is -2.23. The molecule has 1 aliphatic rings. The van der Waals surface area contributed by atoms with Gasteiger partial charge in [-0.15, -0.1) is 0 Å². The van der Waals surface area contributed by atoms with Crippen LogP contribution in [0.5, 0.6) is 0 Å². The van der Waals surface area contributed by atoms with Crippen LogP contribution in [0.2, 0.25) is 5.02 Å². The fraction of sp³-hybridized carbons (Fsp3) is 0.286. The fourth-order valence-corrected chi connectivity index (χ4v) is 3.72. The van der Waals surface area contributed by atoms with Crippen LogP contribution in [0.25, 0.3) is 10.9 Å². The number of benzene rings is 2. The number of halogens is 1. The van der Waals surface area contributed by atoms with Crippen molar-refractivity contribution in [2.45, 2.75) is 38.1 Å². The average molecular weight is 378 g/mol. The van der Waals surface area contributed by atoms with Gasteiger partial charge in [0, 0.05) is 17.1 Å². The normalized spacial score (nSPS) is 14.7. The average Bonchev–Trinajstić information content (AvgIpc) is 2.69. The van der Waals surface area contributed by atoms with Gasteiger partial charge in [-0.2, -0.15) is 10.2 Å². The van der Waals surface area contributed by atoms with Crippen molar-refractivity contribution in [3.63, 3.8) is 0 Å². The van der Waals surface area contributed by atoms with Gasteiger partial charge in [0.2, 0.25) is 5.95 Å². The number of anilines is 3. The van der Waals surface area contributed by atoms with Gasteiger partial charge in [-0.05, 0) is 43.2 Å². The number of hydrogen-bond donors (Lipinski definition) is 2. The summed E-state index contributed by atoms with van der Waals surface area (Å²) in [6, 6.07) is 15.7. The first kappa shape index (κ1) is 17.6. The highest BCUT2D eigenvalue weighted by molar-refractivity contribution is 6.32. The van der Waals surface area contributed by atoms with E-state index in [-0.39, 0.29) is 0 Å². The molecule has 136 valence electrons. The van der Waals surface area contributed by atoms with E-state index < -0.39 is 0 Å². The summed E-state index contributed by atoms with van der Waals surface area (Å²) in [5, 5.41) is 17.3. The standard InChI is InChI=1S/C21H20ClN5/c22-18-12-16(11-10-14(18)13-23)25-21-26-19-9-5-4-8-17(19)20(27-21)24-15-6-2-1-3-7-15/h4-5,8-12,15H,1-3,6-7H2,(H2,24,25,26,27). The minimum atomic E-state index is 0.406. The van der Waals surface area contributed by atoms with Crippen molar-refractivity contribution in [1.82, 2.24) is 9.97 Å². The minimum absolute atomic E-state index is 0.406. The van der Waals surface area contributed by atoms with Gasteiger partial charge in [-0.1, -0.05) is 43.0 Å². The van der Waals surface area contributed by atoms with Crippen LogP contribution in [-0.4, -0.2) is 16.0 Å². The van der Waals surface area contributed by atoms with Crippen molar-refractivity contribution < 1.29 is 0 Å². The van der Waals surface area contributed by atoms with Gasteiger partial charge >= 0.3 is 0 Å². The molecule has 1 aromatic heterocycles. The predicted octanol–water partition coefficient (Wildman–Crippen LogP) is 5.64. The third kappa shape index (κ3) is 3.96. The van der Waals surface area contributed by atoms with Gasteiger partial charge in [0.25, 0.3) is 0 Å². The molecule has 1 aliphatic carbocycles. The Morgan fingerprint density at radius 3 is 2.63 bits per heavy atom. The summed E-state index contributed by atoms with van der Waals surface area (Å²) in [5.74, 6) is 1.36. The van der Waals surface area contributed by atoms with Crippen LogP contribution >= 0.6 is 11.6 Å². The van der Waals surface area contributed by atoms with E-state index in [4.69, 9.17) is 21.8 Å². The molecule has 2 N–H and O–H groups in total. The largest absolute Gasteiger partial charge is 0.367 e. The van der Waals surface area contributed by atoms with Crippen molar-refractivity contribution in [2.75, 3.05) is 10.6 Å². The van der Waals surface area contributed by atoms with Crippen molar-refractivity contribution >= 4 is 40.0 Å². The summed E-state index contributed by atoms with van der Waals surface area (Å²) < 4.78 is 0. The Kier molecular flexibility index (Phi) is 5.08. The topological polar surface area (TPSA) is 73.6 Å². The maximum absolute atomic E-state index is 9.02. The van der Waals surface area contributed by atoms with E-state index in [0.717, 1.165) is 22.4 Å². The molecule has 4 rings (SSSR count). The van der Waals surface area contributed by atoms with E-state index in [2.05, 4.69) is 21.7 Å². The maximum atomic E-state index is 9.02. The van der Waals surface area contributed by atoms with Gasteiger partial charge in [0.1, 0.15) is 11.9 Å². The summed E-state index contributed by atoms with van der Waals surface area (Å²) in [7, 11) is 0. The summed E-state index contributed by atoms with van der Waals surface area (Å²) in [5.41, 5.74) is 2.08. The zero-order chi connectivity index (χ0) is 18.6. The van der Waals surface area contributed by atoms with E-state index in [1.165, 1.54) is 32.1 Å². The second kappa shape index (κ2) is 7.81. The first-order valence-corrected chi connectivity index (χ1v) is 9.61. The molecule has 27 heavy (non-hydrogen) atoms. The van der Waals surface area contributed by atoms with Crippen molar-refractivity contribution in [3.8, 4) is 6.07 Å². The van der Waals surface area contributed by atoms with Crippen LogP contribution in [0.4, 0.5) is 17.5 Å². The molecule has 0 amide bonds. The summed E-state index contributed by atoms with van der Waals surface area (Å²) in [6.45, 7) is 0. The second-order valence-electron chi connectivity index (χ2n) is 6.82. The summed E-state index contributed by atoms with van der Waals surface area (Å²) in [6.07, 6.45) is 6.18. The van der Waals surface area contributed by atoms with E-state index >= 15 is 0 Å². The Morgan fingerprint density at radius 2 is 1.85 bits per heavy atom. The molecule has 3 aromatic rings. The first-order valence-electron chi connectivity index (χ1n) is 9.23. The predicted molar refractivity (Wildman–Crippen MR) is 109 cm³/mol. The molecule has 0 radical (unpaired) electrons. The number of hydrogen-bond acceptors (Lipinski definition) is 5. The molecule has 1 fully saturated rings. The summed E-state index contributed by atoms with van der Waals surface area (Å²) in [4.78, 5) is 9.35. The molecule has 0 aliphatic heterocycles. The van der Waals surface area contributed by atoms with E-state index in [1.54, 1.807) is 18.2 Å². The highest BCUT2D eigenvalue weighted by Crippen LogP contribution is 2.28. The SMILES string of the molecule is N#Cc1ccc(Nc2nc(NC3CCCCC3)c3ccccc3n2)cc1Cl. The molecule has 5 nitrogen and oxygen atoms in total. The zero-order valence-electron chi connectivity index (χ0n) is 14.9. The zero-order valence-corrected chi connectivity index (χ0v) is 15.6. The second-order valence-corrected chi connectivity index (χ2v) is 7.23. The van der Waals surface area contributed by atoms with Crippen LogP contribution in [-0.2, 0) is 0 Å². The molecule has 0 spiro atoms. The molecular formula is C21H20ClN5. The molecule has 1 saturated carbocycles. The Labute approximate surface area is 163 Å².